The van der Waals surface area contributed by atoms with Crippen LogP contribution in [0.4, 0.5) is 0 Å². The van der Waals surface area contributed by atoms with E-state index in [2.05, 4.69) is 9.97 Å². The molecular formula is C15H15ClN2O2. The molecule has 0 aliphatic heterocycles. The highest BCUT2D eigenvalue weighted by Gasteiger charge is 2.15. The Kier molecular flexibility index (Phi) is 3.49. The van der Waals surface area contributed by atoms with Gasteiger partial charge in [0, 0.05) is 11.1 Å². The number of halogens is 1. The molecule has 0 radical (unpaired) electrons. The van der Waals surface area contributed by atoms with E-state index in [0.717, 1.165) is 43.4 Å². The minimum absolute atomic E-state index is 0.0209. The highest BCUT2D eigenvalue weighted by Crippen LogP contribution is 2.28. The van der Waals surface area contributed by atoms with Crippen LogP contribution >= 0.6 is 11.6 Å². The molecule has 1 heterocycles. The zero-order chi connectivity index (χ0) is 14.1. The van der Waals surface area contributed by atoms with Crippen molar-refractivity contribution in [2.75, 3.05) is 0 Å². The summed E-state index contributed by atoms with van der Waals surface area (Å²) in [5.74, 6) is 0.532. The van der Waals surface area contributed by atoms with Gasteiger partial charge in [-0.3, -0.25) is 4.79 Å². The van der Waals surface area contributed by atoms with Crippen molar-refractivity contribution in [1.82, 2.24) is 9.97 Å². The molecule has 0 unspecified atom stereocenters. The van der Waals surface area contributed by atoms with Crippen LogP contribution in [0.3, 0.4) is 0 Å². The number of fused-ring (bicyclic) bond motifs is 1. The molecule has 0 saturated carbocycles. The normalized spacial score (nSPS) is 14.7. The van der Waals surface area contributed by atoms with Crippen molar-refractivity contribution >= 4 is 11.6 Å². The minimum atomic E-state index is -0.0592. The fourth-order valence-electron chi connectivity index (χ4n) is 2.57. The Balaban J connectivity index is 2.10. The monoisotopic (exact) mass is 290 g/mol. The second-order valence-corrected chi connectivity index (χ2v) is 5.47. The first kappa shape index (κ1) is 13.2. The number of hydrogen-bond donors (Lipinski definition) is 2. The third kappa shape index (κ3) is 2.43. The van der Waals surface area contributed by atoms with E-state index >= 15 is 0 Å². The van der Waals surface area contributed by atoms with Crippen LogP contribution in [0.2, 0.25) is 5.02 Å². The number of benzene rings is 1. The molecule has 1 aliphatic rings. The van der Waals surface area contributed by atoms with Gasteiger partial charge in [0.25, 0.3) is 5.56 Å². The predicted molar refractivity (Wildman–Crippen MR) is 78.2 cm³/mol. The van der Waals surface area contributed by atoms with Crippen molar-refractivity contribution in [3.8, 4) is 17.1 Å². The van der Waals surface area contributed by atoms with Crippen LogP contribution in [0, 0.1) is 0 Å². The van der Waals surface area contributed by atoms with Crippen LogP contribution in [0.25, 0.3) is 11.4 Å². The van der Waals surface area contributed by atoms with Crippen molar-refractivity contribution in [2.24, 2.45) is 0 Å². The standard InChI is InChI=1S/C15H15ClN2O2/c16-11-8-9(6-7-13(11)19)14-17-12-5-3-1-2-4-10(12)15(20)18-14/h6-8,19H,1-5H2,(H,17,18,20). The molecule has 5 heteroatoms. The van der Waals surface area contributed by atoms with Crippen LogP contribution in [-0.4, -0.2) is 15.1 Å². The molecule has 0 saturated heterocycles. The molecule has 3 rings (SSSR count). The number of nitrogens with zero attached hydrogens (tertiary/aromatic N) is 1. The summed E-state index contributed by atoms with van der Waals surface area (Å²) in [7, 11) is 0. The lowest BCUT2D eigenvalue weighted by Gasteiger charge is -2.08. The van der Waals surface area contributed by atoms with Crippen LogP contribution < -0.4 is 5.56 Å². The lowest BCUT2D eigenvalue weighted by molar-refractivity contribution is 0.475. The van der Waals surface area contributed by atoms with Crippen LogP contribution in [-0.2, 0) is 12.8 Å². The molecule has 0 bridgehead atoms. The average molecular weight is 291 g/mol. The van der Waals surface area contributed by atoms with Gasteiger partial charge in [0.15, 0.2) is 0 Å². The molecule has 0 fully saturated rings. The number of nitrogens with one attached hydrogen (secondary N) is 1. The number of aromatic nitrogens is 2. The largest absolute Gasteiger partial charge is 0.506 e. The summed E-state index contributed by atoms with van der Waals surface area (Å²) in [6, 6.07) is 4.81. The smallest absolute Gasteiger partial charge is 0.254 e. The van der Waals surface area contributed by atoms with E-state index < -0.39 is 0 Å². The molecule has 0 spiro atoms. The van der Waals surface area contributed by atoms with Crippen LogP contribution in [0.15, 0.2) is 23.0 Å². The SMILES string of the molecule is O=c1[nH]c(-c2ccc(O)c(Cl)c2)nc2c1CCCCC2. The first-order chi connectivity index (χ1) is 9.65. The zero-order valence-corrected chi connectivity index (χ0v) is 11.7. The number of H-pyrrole nitrogens is 1. The van der Waals surface area contributed by atoms with Gasteiger partial charge in [-0.2, -0.15) is 0 Å². The van der Waals surface area contributed by atoms with Crippen molar-refractivity contribution < 1.29 is 5.11 Å². The first-order valence-corrected chi connectivity index (χ1v) is 7.14. The summed E-state index contributed by atoms with van der Waals surface area (Å²) in [6.45, 7) is 0. The molecule has 104 valence electrons. The third-order valence-electron chi connectivity index (χ3n) is 3.66. The number of hydrogen-bond acceptors (Lipinski definition) is 3. The number of aryl methyl sites for hydroxylation is 1. The van der Waals surface area contributed by atoms with Crippen LogP contribution in [0.5, 0.6) is 5.75 Å². The molecule has 2 aromatic rings. The molecule has 0 atom stereocenters. The molecule has 1 aromatic heterocycles. The number of phenols is 1. The topological polar surface area (TPSA) is 66.0 Å². The van der Waals surface area contributed by atoms with Crippen molar-refractivity contribution in [3.05, 3.63) is 44.8 Å². The maximum absolute atomic E-state index is 12.2. The molecule has 0 amide bonds. The van der Waals surface area contributed by atoms with Crippen molar-refractivity contribution in [1.29, 1.82) is 0 Å². The Bertz CT molecular complexity index is 710. The second kappa shape index (κ2) is 5.29. The summed E-state index contributed by atoms with van der Waals surface area (Å²) < 4.78 is 0. The average Bonchev–Trinajstić information content (AvgIpc) is 2.67. The second-order valence-electron chi connectivity index (χ2n) is 5.07. The van der Waals surface area contributed by atoms with Gasteiger partial charge in [-0.1, -0.05) is 18.0 Å². The molecule has 2 N–H and O–H groups in total. The number of rotatable bonds is 1. The number of aromatic hydroxyl groups is 1. The molecule has 20 heavy (non-hydrogen) atoms. The Labute approximate surface area is 121 Å². The van der Waals surface area contributed by atoms with E-state index in [0.29, 0.717) is 11.4 Å². The summed E-state index contributed by atoms with van der Waals surface area (Å²) in [6.07, 6.45) is 4.89. The Morgan fingerprint density at radius 1 is 1.20 bits per heavy atom. The fourth-order valence-corrected chi connectivity index (χ4v) is 2.75. The number of aromatic amines is 1. The Morgan fingerprint density at radius 2 is 2.00 bits per heavy atom. The minimum Gasteiger partial charge on any atom is -0.506 e. The van der Waals surface area contributed by atoms with Gasteiger partial charge in [0.2, 0.25) is 0 Å². The van der Waals surface area contributed by atoms with E-state index in [9.17, 15) is 9.90 Å². The van der Waals surface area contributed by atoms with Crippen LogP contribution in [0.1, 0.15) is 30.5 Å². The van der Waals surface area contributed by atoms with Gasteiger partial charge in [-0.25, -0.2) is 4.98 Å². The van der Waals surface area contributed by atoms with Gasteiger partial charge in [0.1, 0.15) is 11.6 Å². The van der Waals surface area contributed by atoms with Gasteiger partial charge < -0.3 is 10.1 Å². The van der Waals surface area contributed by atoms with Gasteiger partial charge in [-0.05, 0) is 43.9 Å². The number of phenolic OH excluding ortho intramolecular Hbond substituents is 1. The molecule has 1 aromatic carbocycles. The maximum Gasteiger partial charge on any atom is 0.254 e. The highest BCUT2D eigenvalue weighted by atomic mass is 35.5. The van der Waals surface area contributed by atoms with E-state index in [1.165, 1.54) is 6.07 Å². The lowest BCUT2D eigenvalue weighted by atomic mass is 10.1. The molecular weight excluding hydrogens is 276 g/mol. The summed E-state index contributed by atoms with van der Waals surface area (Å²) in [4.78, 5) is 19.6. The summed E-state index contributed by atoms with van der Waals surface area (Å²) in [5.41, 5.74) is 2.36. The predicted octanol–water partition coefficient (Wildman–Crippen LogP) is 3.06. The van der Waals surface area contributed by atoms with Crippen molar-refractivity contribution in [3.63, 3.8) is 0 Å². The quantitative estimate of drug-likeness (QED) is 0.793. The first-order valence-electron chi connectivity index (χ1n) is 6.76. The van der Waals surface area contributed by atoms with Crippen molar-refractivity contribution in [2.45, 2.75) is 32.1 Å². The van der Waals surface area contributed by atoms with Gasteiger partial charge in [-0.15, -0.1) is 0 Å². The maximum atomic E-state index is 12.2. The Hall–Kier alpha value is -1.81. The zero-order valence-electron chi connectivity index (χ0n) is 10.9. The highest BCUT2D eigenvalue weighted by molar-refractivity contribution is 6.32. The van der Waals surface area contributed by atoms with Gasteiger partial charge >= 0.3 is 0 Å². The molecule has 4 nitrogen and oxygen atoms in total. The third-order valence-corrected chi connectivity index (χ3v) is 3.97. The van der Waals surface area contributed by atoms with E-state index in [-0.39, 0.29) is 16.3 Å². The summed E-state index contributed by atoms with van der Waals surface area (Å²) >= 11 is 5.90. The van der Waals surface area contributed by atoms with E-state index in [4.69, 9.17) is 11.6 Å². The fraction of sp³-hybridized carbons (Fsp3) is 0.333. The van der Waals surface area contributed by atoms with E-state index in [1.807, 2.05) is 0 Å². The molecule has 1 aliphatic carbocycles. The lowest BCUT2D eigenvalue weighted by Crippen LogP contribution is -2.18. The van der Waals surface area contributed by atoms with Gasteiger partial charge in [0.05, 0.1) is 10.7 Å². The Morgan fingerprint density at radius 3 is 2.80 bits per heavy atom. The summed E-state index contributed by atoms with van der Waals surface area (Å²) in [5, 5.41) is 9.70. The van der Waals surface area contributed by atoms with E-state index in [1.54, 1.807) is 12.1 Å².